The molecule has 1 unspecified atom stereocenters. The van der Waals surface area contributed by atoms with Crippen molar-refractivity contribution in [1.29, 1.82) is 0 Å². The van der Waals surface area contributed by atoms with Crippen molar-refractivity contribution in [2.24, 2.45) is 7.05 Å². The van der Waals surface area contributed by atoms with E-state index in [-0.39, 0.29) is 10.0 Å². The first-order valence-corrected chi connectivity index (χ1v) is 6.52. The molecule has 1 aromatic heterocycles. The molecule has 0 spiro atoms. The predicted octanol–water partition coefficient (Wildman–Crippen LogP) is 2.83. The third kappa shape index (κ3) is 2.44. The van der Waals surface area contributed by atoms with E-state index in [1.54, 1.807) is 30.1 Å². The highest BCUT2D eigenvalue weighted by molar-refractivity contribution is 6.43. The minimum absolute atomic E-state index is 0.199. The van der Waals surface area contributed by atoms with Crippen molar-refractivity contribution in [1.82, 2.24) is 9.78 Å². The van der Waals surface area contributed by atoms with E-state index in [0.29, 0.717) is 22.8 Å². The van der Waals surface area contributed by atoms with Gasteiger partial charge in [-0.25, -0.2) is 0 Å². The maximum absolute atomic E-state index is 10.5. The van der Waals surface area contributed by atoms with Gasteiger partial charge in [0.05, 0.1) is 24.9 Å². The number of aromatic nitrogens is 2. The van der Waals surface area contributed by atoms with E-state index in [4.69, 9.17) is 32.7 Å². The molecule has 1 heterocycles. The number of methoxy groups -OCH3 is 2. The van der Waals surface area contributed by atoms with Gasteiger partial charge in [-0.05, 0) is 12.1 Å². The maximum Gasteiger partial charge on any atom is 0.180 e. The minimum atomic E-state index is -0.965. The fourth-order valence-electron chi connectivity index (χ4n) is 1.96. The van der Waals surface area contributed by atoms with Crippen LogP contribution in [0, 0.1) is 0 Å². The molecule has 0 aliphatic rings. The lowest BCUT2D eigenvalue weighted by Crippen LogP contribution is -2.08. The van der Waals surface area contributed by atoms with Crippen LogP contribution in [0.5, 0.6) is 11.5 Å². The largest absolute Gasteiger partial charge is 0.493 e. The van der Waals surface area contributed by atoms with E-state index in [1.165, 1.54) is 14.2 Å². The molecule has 2 rings (SSSR count). The van der Waals surface area contributed by atoms with E-state index in [0.717, 1.165) is 0 Å². The van der Waals surface area contributed by atoms with Gasteiger partial charge in [0, 0.05) is 18.8 Å². The van der Waals surface area contributed by atoms with Crippen LogP contribution in [-0.2, 0) is 7.05 Å². The lowest BCUT2D eigenvalue weighted by Gasteiger charge is -2.18. The molecule has 0 amide bonds. The molecule has 5 nitrogen and oxygen atoms in total. The highest BCUT2D eigenvalue weighted by Gasteiger charge is 2.23. The van der Waals surface area contributed by atoms with Crippen LogP contribution in [0.1, 0.15) is 17.4 Å². The lowest BCUT2D eigenvalue weighted by atomic mass is 10.1. The fourth-order valence-corrected chi connectivity index (χ4v) is 2.48. The number of benzene rings is 1. The van der Waals surface area contributed by atoms with Gasteiger partial charge in [-0.2, -0.15) is 5.10 Å². The molecule has 0 radical (unpaired) electrons. The zero-order valence-corrected chi connectivity index (χ0v) is 12.7. The second-order valence-corrected chi connectivity index (χ2v) is 4.87. The summed E-state index contributed by atoms with van der Waals surface area (Å²) in [6.45, 7) is 0. The highest BCUT2D eigenvalue weighted by atomic mass is 35.5. The molecule has 0 saturated heterocycles. The predicted molar refractivity (Wildman–Crippen MR) is 76.8 cm³/mol. The Labute approximate surface area is 126 Å². The Hall–Kier alpha value is -1.43. The van der Waals surface area contributed by atoms with E-state index >= 15 is 0 Å². The molecule has 20 heavy (non-hydrogen) atoms. The number of aliphatic hydroxyl groups excluding tert-OH is 1. The number of ether oxygens (including phenoxy) is 2. The van der Waals surface area contributed by atoms with Gasteiger partial charge in [-0.15, -0.1) is 0 Å². The number of aryl methyl sites for hydroxylation is 1. The number of aliphatic hydroxyl groups is 1. The SMILES string of the molecule is COc1cc(C(O)c2ccnn2C)c(Cl)c(Cl)c1OC. The van der Waals surface area contributed by atoms with E-state index < -0.39 is 6.10 Å². The first-order chi connectivity index (χ1) is 9.51. The van der Waals surface area contributed by atoms with Gasteiger partial charge in [0.2, 0.25) is 0 Å². The van der Waals surface area contributed by atoms with Gasteiger partial charge in [-0.1, -0.05) is 23.2 Å². The Kier molecular flexibility index (Phi) is 4.42. The van der Waals surface area contributed by atoms with Crippen LogP contribution in [0.2, 0.25) is 10.0 Å². The monoisotopic (exact) mass is 316 g/mol. The molecule has 0 saturated carbocycles. The summed E-state index contributed by atoms with van der Waals surface area (Å²) in [5.74, 6) is 0.734. The van der Waals surface area contributed by atoms with Crippen LogP contribution in [0.15, 0.2) is 18.3 Å². The zero-order valence-electron chi connectivity index (χ0n) is 11.2. The third-order valence-electron chi connectivity index (χ3n) is 3.01. The fraction of sp³-hybridized carbons (Fsp3) is 0.308. The van der Waals surface area contributed by atoms with Crippen LogP contribution >= 0.6 is 23.2 Å². The van der Waals surface area contributed by atoms with Gasteiger partial charge in [-0.3, -0.25) is 4.68 Å². The number of halogens is 2. The Bertz CT molecular complexity index is 628. The molecule has 1 atom stereocenters. The van der Waals surface area contributed by atoms with Crippen LogP contribution in [0.4, 0.5) is 0 Å². The van der Waals surface area contributed by atoms with Crippen LogP contribution in [0.3, 0.4) is 0 Å². The number of hydrogen-bond acceptors (Lipinski definition) is 4. The van der Waals surface area contributed by atoms with Gasteiger partial charge in [0.25, 0.3) is 0 Å². The van der Waals surface area contributed by atoms with Crippen molar-refractivity contribution in [3.63, 3.8) is 0 Å². The Morgan fingerprint density at radius 1 is 1.25 bits per heavy atom. The molecule has 1 N–H and O–H groups in total. The van der Waals surface area contributed by atoms with Gasteiger partial charge in [0.15, 0.2) is 11.5 Å². The Morgan fingerprint density at radius 3 is 2.45 bits per heavy atom. The van der Waals surface area contributed by atoms with E-state index in [2.05, 4.69) is 5.10 Å². The van der Waals surface area contributed by atoms with Gasteiger partial charge < -0.3 is 14.6 Å². The average molecular weight is 317 g/mol. The first-order valence-electron chi connectivity index (χ1n) is 5.77. The first kappa shape index (κ1) is 15.0. The van der Waals surface area contributed by atoms with Crippen molar-refractivity contribution < 1.29 is 14.6 Å². The number of rotatable bonds is 4. The Morgan fingerprint density at radius 2 is 1.95 bits per heavy atom. The van der Waals surface area contributed by atoms with Crippen LogP contribution < -0.4 is 9.47 Å². The topological polar surface area (TPSA) is 56.5 Å². The van der Waals surface area contributed by atoms with Gasteiger partial charge in [0.1, 0.15) is 11.1 Å². The summed E-state index contributed by atoms with van der Waals surface area (Å²) in [4.78, 5) is 0. The van der Waals surface area contributed by atoms with Crippen molar-refractivity contribution >= 4 is 23.2 Å². The molecular weight excluding hydrogens is 303 g/mol. The number of hydrogen-bond donors (Lipinski definition) is 1. The summed E-state index contributed by atoms with van der Waals surface area (Å²) < 4.78 is 11.9. The summed E-state index contributed by atoms with van der Waals surface area (Å²) in [5.41, 5.74) is 1.02. The quantitative estimate of drug-likeness (QED) is 0.942. The van der Waals surface area contributed by atoms with E-state index in [9.17, 15) is 5.11 Å². The Balaban J connectivity index is 2.58. The number of nitrogens with zero attached hydrogens (tertiary/aromatic N) is 2. The van der Waals surface area contributed by atoms with Crippen molar-refractivity contribution in [2.45, 2.75) is 6.10 Å². The molecule has 7 heteroatoms. The van der Waals surface area contributed by atoms with Crippen LogP contribution in [0.25, 0.3) is 0 Å². The molecule has 108 valence electrons. The molecule has 2 aromatic rings. The van der Waals surface area contributed by atoms with Gasteiger partial charge >= 0.3 is 0 Å². The second kappa shape index (κ2) is 5.91. The normalized spacial score (nSPS) is 12.3. The lowest BCUT2D eigenvalue weighted by molar-refractivity contribution is 0.209. The van der Waals surface area contributed by atoms with Crippen molar-refractivity contribution in [3.05, 3.63) is 39.6 Å². The standard InChI is InChI=1S/C13H14Cl2N2O3/c1-17-8(4-5-16-17)12(18)7-6-9(19-2)13(20-3)11(15)10(7)14/h4-6,12,18H,1-3H3. The maximum atomic E-state index is 10.5. The summed E-state index contributed by atoms with van der Waals surface area (Å²) >= 11 is 12.4. The molecule has 0 aliphatic heterocycles. The molecule has 0 fully saturated rings. The summed E-state index contributed by atoms with van der Waals surface area (Å²) in [7, 11) is 4.69. The van der Waals surface area contributed by atoms with E-state index in [1.807, 2.05) is 0 Å². The summed E-state index contributed by atoms with van der Waals surface area (Å²) in [6, 6.07) is 3.30. The summed E-state index contributed by atoms with van der Waals surface area (Å²) in [5, 5.41) is 14.9. The third-order valence-corrected chi connectivity index (χ3v) is 3.88. The average Bonchev–Trinajstić information content (AvgIpc) is 2.87. The summed E-state index contributed by atoms with van der Waals surface area (Å²) in [6.07, 6.45) is 0.627. The smallest absolute Gasteiger partial charge is 0.180 e. The zero-order chi connectivity index (χ0) is 14.9. The van der Waals surface area contributed by atoms with Crippen LogP contribution in [-0.4, -0.2) is 29.1 Å². The van der Waals surface area contributed by atoms with Crippen molar-refractivity contribution in [2.75, 3.05) is 14.2 Å². The minimum Gasteiger partial charge on any atom is -0.493 e. The molecule has 0 bridgehead atoms. The molecular formula is C13H14Cl2N2O3. The molecule has 1 aromatic carbocycles. The molecule has 0 aliphatic carbocycles. The van der Waals surface area contributed by atoms with Crippen molar-refractivity contribution in [3.8, 4) is 11.5 Å². The second-order valence-electron chi connectivity index (χ2n) is 4.11. The highest BCUT2D eigenvalue weighted by Crippen LogP contribution is 2.44.